The zero-order valence-corrected chi connectivity index (χ0v) is 18.6. The topological polar surface area (TPSA) is 22.1 Å². The molecule has 0 N–H and O–H groups in total. The van der Waals surface area contributed by atoms with Gasteiger partial charge >= 0.3 is 0 Å². The highest BCUT2D eigenvalue weighted by Crippen LogP contribution is 2.31. The van der Waals surface area contributed by atoms with Crippen LogP contribution >= 0.6 is 22.7 Å². The molecule has 30 heavy (non-hydrogen) atoms. The van der Waals surface area contributed by atoms with Crippen LogP contribution in [0.5, 0.6) is 11.5 Å². The van der Waals surface area contributed by atoms with Gasteiger partial charge in [0.2, 0.25) is 0 Å². The van der Waals surface area contributed by atoms with Gasteiger partial charge < -0.3 is 4.74 Å². The minimum atomic E-state index is -2.47. The lowest BCUT2D eigenvalue weighted by molar-refractivity contribution is 0.487. The molecule has 0 aliphatic carbocycles. The maximum absolute atomic E-state index is 6.44. The summed E-state index contributed by atoms with van der Waals surface area (Å²) >= 11 is 3.53. The Labute approximate surface area is 184 Å². The van der Waals surface area contributed by atoms with Crippen LogP contribution in [0, 0.1) is 0 Å². The van der Waals surface area contributed by atoms with Crippen LogP contribution in [0.3, 0.4) is 0 Å². The fourth-order valence-electron chi connectivity index (χ4n) is 4.48. The lowest BCUT2D eigenvalue weighted by Gasteiger charge is -2.38. The van der Waals surface area contributed by atoms with E-state index in [0.29, 0.717) is 0 Å². The van der Waals surface area contributed by atoms with Gasteiger partial charge in [0.15, 0.2) is 8.07 Å². The second-order valence-electron chi connectivity index (χ2n) is 7.30. The van der Waals surface area contributed by atoms with E-state index in [1.54, 1.807) is 22.7 Å². The van der Waals surface area contributed by atoms with Gasteiger partial charge in [-0.2, -0.15) is 22.7 Å². The number of hydrogen-bond acceptors (Lipinski definition) is 4. The molecule has 1 aliphatic heterocycles. The van der Waals surface area contributed by atoms with Gasteiger partial charge in [-0.25, -0.2) is 0 Å². The van der Waals surface area contributed by atoms with Crippen LogP contribution in [0.15, 0.2) is 101 Å². The average molecular weight is 440 g/mol. The highest BCUT2D eigenvalue weighted by atomic mass is 32.1. The largest absolute Gasteiger partial charge is 0.458 e. The molecule has 0 saturated carbocycles. The Morgan fingerprint density at radius 3 is 2.13 bits per heavy atom. The first-order chi connectivity index (χ1) is 14.9. The molecule has 2 nitrogen and oxygen atoms in total. The Hall–Kier alpha value is -2.99. The molecule has 0 fully saturated rings. The number of rotatable bonds is 3. The van der Waals surface area contributed by atoms with Crippen LogP contribution < -0.4 is 25.5 Å². The molecular formula is C25H17NOS2Si. The van der Waals surface area contributed by atoms with E-state index in [9.17, 15) is 0 Å². The number of hydrogen-bond donors (Lipinski definition) is 0. The van der Waals surface area contributed by atoms with Crippen LogP contribution in [0.2, 0.25) is 0 Å². The molecule has 4 heterocycles. The summed E-state index contributed by atoms with van der Waals surface area (Å²) in [6.07, 6.45) is 1.85. The number of aromatic nitrogens is 1. The molecule has 0 atom stereocenters. The second-order valence-corrected chi connectivity index (χ2v) is 12.6. The van der Waals surface area contributed by atoms with Gasteiger partial charge in [0.25, 0.3) is 0 Å². The minimum absolute atomic E-state index is 0.956. The first kappa shape index (κ1) is 17.8. The molecular weight excluding hydrogens is 423 g/mol. The van der Waals surface area contributed by atoms with Crippen molar-refractivity contribution in [3.05, 3.63) is 101 Å². The number of ether oxygens (including phenoxy) is 1. The molecule has 5 aromatic rings. The van der Waals surface area contributed by atoms with E-state index in [0.717, 1.165) is 22.8 Å². The Morgan fingerprint density at radius 2 is 1.43 bits per heavy atom. The Kier molecular flexibility index (Phi) is 4.19. The molecule has 0 bridgehead atoms. The van der Waals surface area contributed by atoms with Gasteiger partial charge in [-0.3, -0.25) is 4.98 Å². The summed E-state index contributed by atoms with van der Waals surface area (Å²) in [6, 6.07) is 25.8. The van der Waals surface area contributed by atoms with Gasteiger partial charge in [0.1, 0.15) is 11.5 Å². The summed E-state index contributed by atoms with van der Waals surface area (Å²) in [5, 5.41) is 14.4. The molecule has 3 aromatic heterocycles. The summed E-state index contributed by atoms with van der Waals surface area (Å²) in [6.45, 7) is 0. The van der Waals surface area contributed by atoms with E-state index >= 15 is 0 Å². The van der Waals surface area contributed by atoms with Crippen molar-refractivity contribution in [3.63, 3.8) is 0 Å². The predicted molar refractivity (Wildman–Crippen MR) is 129 cm³/mol. The standard InChI is InChI=1S/C25H17NOS2Si/c1-2-7-24-22(6-1)27-23-9-8-18(21-5-3-4-12-26-21)15-25(23)30(24,19-10-13-28-16-19)20-11-14-29-17-20/h1-17H. The molecule has 2 aromatic carbocycles. The third-order valence-electron chi connectivity index (χ3n) is 5.76. The highest BCUT2D eigenvalue weighted by Gasteiger charge is 2.48. The Morgan fingerprint density at radius 1 is 0.700 bits per heavy atom. The third kappa shape index (κ3) is 2.56. The lowest BCUT2D eigenvalue weighted by Crippen LogP contribution is -2.75. The molecule has 6 rings (SSSR count). The van der Waals surface area contributed by atoms with Gasteiger partial charge in [0.05, 0.1) is 5.69 Å². The minimum Gasteiger partial charge on any atom is -0.458 e. The van der Waals surface area contributed by atoms with Crippen molar-refractivity contribution in [2.75, 3.05) is 0 Å². The van der Waals surface area contributed by atoms with E-state index in [-0.39, 0.29) is 0 Å². The zero-order valence-electron chi connectivity index (χ0n) is 16.0. The molecule has 0 saturated heterocycles. The average Bonchev–Trinajstić information content (AvgIpc) is 3.53. The number of thiophene rings is 2. The van der Waals surface area contributed by atoms with Crippen LogP contribution in [0.1, 0.15) is 0 Å². The van der Waals surface area contributed by atoms with Crippen molar-refractivity contribution >= 4 is 51.5 Å². The van der Waals surface area contributed by atoms with E-state index < -0.39 is 8.07 Å². The van der Waals surface area contributed by atoms with E-state index in [4.69, 9.17) is 4.74 Å². The number of nitrogens with zero attached hydrogens (tertiary/aromatic N) is 1. The fourth-order valence-corrected chi connectivity index (χ4v) is 11.9. The molecule has 0 radical (unpaired) electrons. The number of benzene rings is 2. The van der Waals surface area contributed by atoms with Gasteiger partial charge in [-0.15, -0.1) is 0 Å². The quantitative estimate of drug-likeness (QED) is 0.383. The first-order valence-electron chi connectivity index (χ1n) is 9.76. The summed E-state index contributed by atoms with van der Waals surface area (Å²) in [7, 11) is -2.47. The van der Waals surface area contributed by atoms with Crippen LogP contribution in [-0.4, -0.2) is 13.1 Å². The maximum Gasteiger partial charge on any atom is 0.189 e. The third-order valence-corrected chi connectivity index (χ3v) is 12.3. The molecule has 1 aliphatic rings. The molecule has 5 heteroatoms. The summed E-state index contributed by atoms with van der Waals surface area (Å²) < 4.78 is 6.44. The number of pyridine rings is 1. The van der Waals surface area contributed by atoms with Crippen molar-refractivity contribution in [1.29, 1.82) is 0 Å². The fraction of sp³-hybridized carbons (Fsp3) is 0. The van der Waals surface area contributed by atoms with E-state index in [2.05, 4.69) is 87.2 Å². The van der Waals surface area contributed by atoms with Crippen molar-refractivity contribution in [3.8, 4) is 22.8 Å². The Bertz CT molecular complexity index is 1280. The van der Waals surface area contributed by atoms with Gasteiger partial charge in [-0.05, 0) is 78.7 Å². The van der Waals surface area contributed by atoms with Crippen molar-refractivity contribution in [1.82, 2.24) is 4.98 Å². The second kappa shape index (κ2) is 7.06. The molecule has 0 amide bonds. The van der Waals surface area contributed by atoms with Crippen molar-refractivity contribution < 1.29 is 4.74 Å². The molecule has 0 spiro atoms. The van der Waals surface area contributed by atoms with Crippen LogP contribution in [0.25, 0.3) is 11.3 Å². The van der Waals surface area contributed by atoms with Crippen molar-refractivity contribution in [2.24, 2.45) is 0 Å². The van der Waals surface area contributed by atoms with Gasteiger partial charge in [0, 0.05) is 11.8 Å². The van der Waals surface area contributed by atoms with Crippen molar-refractivity contribution in [2.45, 2.75) is 0 Å². The first-order valence-corrected chi connectivity index (χ1v) is 13.6. The predicted octanol–water partition coefficient (Wildman–Crippen LogP) is 4.35. The summed E-state index contributed by atoms with van der Waals surface area (Å²) in [5.74, 6) is 1.93. The normalized spacial score (nSPS) is 13.9. The maximum atomic E-state index is 6.44. The van der Waals surface area contributed by atoms with Crippen LogP contribution in [-0.2, 0) is 0 Å². The zero-order chi connectivity index (χ0) is 20.0. The van der Waals surface area contributed by atoms with E-state index in [1.807, 2.05) is 18.3 Å². The summed E-state index contributed by atoms with van der Waals surface area (Å²) in [4.78, 5) is 4.59. The van der Waals surface area contributed by atoms with Gasteiger partial charge in [-0.1, -0.05) is 36.4 Å². The Balaban J connectivity index is 1.72. The SMILES string of the molecule is c1ccc(-c2ccc3c(c2)[Si](c2ccsc2)(c2ccsc2)c2ccccc2O3)nc1. The lowest BCUT2D eigenvalue weighted by atomic mass is 10.1. The number of fused-ring (bicyclic) bond motifs is 2. The van der Waals surface area contributed by atoms with E-state index in [1.165, 1.54) is 20.7 Å². The highest BCUT2D eigenvalue weighted by molar-refractivity contribution is 7.24. The number of para-hydroxylation sites is 1. The summed E-state index contributed by atoms with van der Waals surface area (Å²) in [5.41, 5.74) is 2.11. The molecule has 144 valence electrons. The monoisotopic (exact) mass is 439 g/mol. The smallest absolute Gasteiger partial charge is 0.189 e. The molecule has 0 unspecified atom stereocenters. The van der Waals surface area contributed by atoms with Crippen LogP contribution in [0.4, 0.5) is 0 Å².